The van der Waals surface area contributed by atoms with Crippen LogP contribution >= 0.6 is 0 Å². The van der Waals surface area contributed by atoms with Crippen molar-refractivity contribution in [3.05, 3.63) is 34.9 Å². The highest BCUT2D eigenvalue weighted by Gasteiger charge is 2.30. The minimum atomic E-state index is 0.153. The Morgan fingerprint density at radius 1 is 1.30 bits per heavy atom. The van der Waals surface area contributed by atoms with E-state index >= 15 is 0 Å². The molecule has 1 unspecified atom stereocenters. The van der Waals surface area contributed by atoms with Gasteiger partial charge in [-0.2, -0.15) is 0 Å². The van der Waals surface area contributed by atoms with E-state index in [0.29, 0.717) is 0 Å². The molecule has 0 N–H and O–H groups in total. The first-order chi connectivity index (χ1) is 9.63. The Balaban J connectivity index is 1.59. The lowest BCUT2D eigenvalue weighted by Gasteiger charge is -2.18. The summed E-state index contributed by atoms with van der Waals surface area (Å²) in [6.45, 7) is 6.52. The first kappa shape index (κ1) is 13.6. The number of hydrogen-bond donors (Lipinski definition) is 0. The van der Waals surface area contributed by atoms with E-state index in [-0.39, 0.29) is 12.0 Å². The maximum atomic E-state index is 12.5. The summed E-state index contributed by atoms with van der Waals surface area (Å²) in [4.78, 5) is 14.5. The van der Waals surface area contributed by atoms with Crippen molar-refractivity contribution in [2.75, 3.05) is 19.7 Å². The van der Waals surface area contributed by atoms with E-state index in [2.05, 4.69) is 13.0 Å². The van der Waals surface area contributed by atoms with E-state index in [1.165, 1.54) is 18.4 Å². The van der Waals surface area contributed by atoms with Crippen molar-refractivity contribution in [2.24, 2.45) is 5.92 Å². The molecule has 3 heteroatoms. The quantitative estimate of drug-likeness (QED) is 0.844. The zero-order valence-electron chi connectivity index (χ0n) is 12.4. The summed E-state index contributed by atoms with van der Waals surface area (Å²) >= 11 is 0. The number of nitrogens with zero attached hydrogens (tertiary/aromatic N) is 1. The summed E-state index contributed by atoms with van der Waals surface area (Å²) in [5.41, 5.74) is 3.10. The number of rotatable bonds is 4. The molecule has 2 aliphatic rings. The minimum Gasteiger partial charge on any atom is -0.376 e. The average Bonchev–Trinajstić information content (AvgIpc) is 3.13. The molecule has 0 spiro atoms. The molecule has 1 aromatic rings. The lowest BCUT2D eigenvalue weighted by molar-refractivity contribution is 0.0480. The SMILES string of the molecule is Cc1ccc(C(=O)N2CCC(OCC3CC3)C2)c(C)c1. The van der Waals surface area contributed by atoms with Crippen LogP contribution in [0, 0.1) is 19.8 Å². The van der Waals surface area contributed by atoms with Crippen LogP contribution in [0.1, 0.15) is 40.7 Å². The Kier molecular flexibility index (Phi) is 3.79. The third-order valence-electron chi connectivity index (χ3n) is 4.31. The van der Waals surface area contributed by atoms with Crippen LogP contribution in [0.3, 0.4) is 0 Å². The lowest BCUT2D eigenvalue weighted by atomic mass is 10.0. The highest BCUT2D eigenvalue weighted by molar-refractivity contribution is 5.95. The Hall–Kier alpha value is -1.35. The van der Waals surface area contributed by atoms with Crippen molar-refractivity contribution in [3.63, 3.8) is 0 Å². The third kappa shape index (κ3) is 3.04. The summed E-state index contributed by atoms with van der Waals surface area (Å²) in [6.07, 6.45) is 3.85. The van der Waals surface area contributed by atoms with Gasteiger partial charge in [-0.15, -0.1) is 0 Å². The molecule has 1 atom stereocenters. The second-order valence-electron chi connectivity index (χ2n) is 6.26. The van der Waals surface area contributed by atoms with Crippen molar-refractivity contribution in [1.29, 1.82) is 0 Å². The molecule has 3 nitrogen and oxygen atoms in total. The molecule has 20 heavy (non-hydrogen) atoms. The Labute approximate surface area is 120 Å². The highest BCUT2D eigenvalue weighted by Crippen LogP contribution is 2.30. The predicted molar refractivity (Wildman–Crippen MR) is 78.9 cm³/mol. The van der Waals surface area contributed by atoms with E-state index < -0.39 is 0 Å². The molecule has 1 heterocycles. The molecule has 1 aromatic carbocycles. The van der Waals surface area contributed by atoms with Crippen molar-refractivity contribution >= 4 is 5.91 Å². The van der Waals surface area contributed by atoms with Gasteiger partial charge in [-0.3, -0.25) is 4.79 Å². The van der Waals surface area contributed by atoms with Crippen LogP contribution in [-0.4, -0.2) is 36.6 Å². The van der Waals surface area contributed by atoms with Crippen LogP contribution in [0.25, 0.3) is 0 Å². The maximum Gasteiger partial charge on any atom is 0.254 e. The fraction of sp³-hybridized carbons (Fsp3) is 0.588. The number of benzene rings is 1. The van der Waals surface area contributed by atoms with Crippen molar-refractivity contribution in [1.82, 2.24) is 4.90 Å². The van der Waals surface area contributed by atoms with Gasteiger partial charge in [0, 0.05) is 25.3 Å². The molecule has 2 fully saturated rings. The zero-order valence-corrected chi connectivity index (χ0v) is 12.4. The van der Waals surface area contributed by atoms with Gasteiger partial charge in [0.05, 0.1) is 6.10 Å². The molecule has 0 bridgehead atoms. The number of likely N-dealkylation sites (tertiary alicyclic amines) is 1. The van der Waals surface area contributed by atoms with Gasteiger partial charge in [0.25, 0.3) is 5.91 Å². The van der Waals surface area contributed by atoms with Crippen LogP contribution in [0.5, 0.6) is 0 Å². The van der Waals surface area contributed by atoms with E-state index in [0.717, 1.165) is 43.2 Å². The van der Waals surface area contributed by atoms with Gasteiger partial charge in [0.15, 0.2) is 0 Å². The van der Waals surface area contributed by atoms with Crippen LogP contribution < -0.4 is 0 Å². The standard InChI is InChI=1S/C17H23NO2/c1-12-3-6-16(13(2)9-12)17(19)18-8-7-15(10-18)20-11-14-4-5-14/h3,6,9,14-15H,4-5,7-8,10-11H2,1-2H3. The minimum absolute atomic E-state index is 0.153. The second-order valence-corrected chi connectivity index (χ2v) is 6.26. The normalized spacial score (nSPS) is 22.3. The van der Waals surface area contributed by atoms with Crippen molar-refractivity contribution in [2.45, 2.75) is 39.2 Å². The molecule has 0 aromatic heterocycles. The smallest absolute Gasteiger partial charge is 0.254 e. The zero-order chi connectivity index (χ0) is 14.1. The predicted octanol–water partition coefficient (Wildman–Crippen LogP) is 2.94. The molecular weight excluding hydrogens is 250 g/mol. The van der Waals surface area contributed by atoms with Crippen molar-refractivity contribution < 1.29 is 9.53 Å². The van der Waals surface area contributed by atoms with E-state index in [4.69, 9.17) is 4.74 Å². The number of hydrogen-bond acceptors (Lipinski definition) is 2. The Bertz CT molecular complexity index is 508. The molecule has 1 aliphatic carbocycles. The number of ether oxygens (including phenoxy) is 1. The monoisotopic (exact) mass is 273 g/mol. The van der Waals surface area contributed by atoms with Crippen LogP contribution in [0.15, 0.2) is 18.2 Å². The largest absolute Gasteiger partial charge is 0.376 e. The molecule has 0 radical (unpaired) electrons. The summed E-state index contributed by atoms with van der Waals surface area (Å²) in [5.74, 6) is 0.944. The number of carbonyl (C=O) groups excluding carboxylic acids is 1. The van der Waals surface area contributed by atoms with Gasteiger partial charge in [0.1, 0.15) is 0 Å². The number of aryl methyl sites for hydroxylation is 2. The topological polar surface area (TPSA) is 29.5 Å². The molecule has 1 saturated carbocycles. The number of carbonyl (C=O) groups is 1. The summed E-state index contributed by atoms with van der Waals surface area (Å²) < 4.78 is 5.90. The maximum absolute atomic E-state index is 12.5. The third-order valence-corrected chi connectivity index (χ3v) is 4.31. The van der Waals surface area contributed by atoms with Gasteiger partial charge in [-0.05, 0) is 50.7 Å². The lowest BCUT2D eigenvalue weighted by Crippen LogP contribution is -2.30. The van der Waals surface area contributed by atoms with Gasteiger partial charge in [0.2, 0.25) is 0 Å². The Morgan fingerprint density at radius 2 is 2.10 bits per heavy atom. The van der Waals surface area contributed by atoms with E-state index in [1.54, 1.807) is 0 Å². The molecule has 108 valence electrons. The Morgan fingerprint density at radius 3 is 2.80 bits per heavy atom. The van der Waals surface area contributed by atoms with Gasteiger partial charge in [-0.1, -0.05) is 17.7 Å². The van der Waals surface area contributed by atoms with Crippen LogP contribution in [-0.2, 0) is 4.74 Å². The number of amides is 1. The van der Waals surface area contributed by atoms with Crippen LogP contribution in [0.2, 0.25) is 0 Å². The molecule has 1 saturated heterocycles. The fourth-order valence-electron chi connectivity index (χ4n) is 2.83. The summed E-state index contributed by atoms with van der Waals surface area (Å²) in [7, 11) is 0. The summed E-state index contributed by atoms with van der Waals surface area (Å²) in [6, 6.07) is 6.03. The van der Waals surface area contributed by atoms with Gasteiger partial charge in [-0.25, -0.2) is 0 Å². The molecule has 1 aliphatic heterocycles. The van der Waals surface area contributed by atoms with Gasteiger partial charge < -0.3 is 9.64 Å². The average molecular weight is 273 g/mol. The van der Waals surface area contributed by atoms with Gasteiger partial charge >= 0.3 is 0 Å². The van der Waals surface area contributed by atoms with Crippen LogP contribution in [0.4, 0.5) is 0 Å². The molecule has 3 rings (SSSR count). The van der Waals surface area contributed by atoms with Crippen molar-refractivity contribution in [3.8, 4) is 0 Å². The second kappa shape index (κ2) is 5.57. The molecule has 1 amide bonds. The van der Waals surface area contributed by atoms with E-state index in [9.17, 15) is 4.79 Å². The highest BCUT2D eigenvalue weighted by atomic mass is 16.5. The van der Waals surface area contributed by atoms with E-state index in [1.807, 2.05) is 24.0 Å². The summed E-state index contributed by atoms with van der Waals surface area (Å²) in [5, 5.41) is 0. The fourth-order valence-corrected chi connectivity index (χ4v) is 2.83. The molecular formula is C17H23NO2. The first-order valence-electron chi connectivity index (χ1n) is 7.61. The first-order valence-corrected chi connectivity index (χ1v) is 7.61.